The normalized spacial score (nSPS) is 16.4. The highest BCUT2D eigenvalue weighted by atomic mass is 16.3. The van der Waals surface area contributed by atoms with E-state index in [0.717, 1.165) is 51.6 Å². The Labute approximate surface area is 121 Å². The molecule has 1 amide bonds. The van der Waals surface area contributed by atoms with Crippen LogP contribution >= 0.6 is 0 Å². The predicted octanol–water partition coefficient (Wildman–Crippen LogP) is 2.77. The molecule has 0 spiro atoms. The summed E-state index contributed by atoms with van der Waals surface area (Å²) in [6.45, 7) is 1.45. The summed E-state index contributed by atoms with van der Waals surface area (Å²) in [6.07, 6.45) is 6.26. The minimum Gasteiger partial charge on any atom is -0.393 e. The quantitative estimate of drug-likeness (QED) is 0.811. The number of carbonyl (C=O) groups excluding carboxylic acids is 1. The third-order valence-electron chi connectivity index (χ3n) is 4.02. The number of rotatable bonds is 6. The molecule has 1 N–H and O–H groups in total. The van der Waals surface area contributed by atoms with Gasteiger partial charge in [-0.05, 0) is 37.7 Å². The van der Waals surface area contributed by atoms with Crippen LogP contribution in [0.3, 0.4) is 0 Å². The molecule has 3 nitrogen and oxygen atoms in total. The van der Waals surface area contributed by atoms with Crippen LogP contribution in [0, 0.1) is 0 Å². The molecule has 0 unspecified atom stereocenters. The number of piperidine rings is 1. The number of unbranched alkanes of at least 4 members (excludes halogenated alkanes) is 2. The molecule has 1 aromatic rings. The summed E-state index contributed by atoms with van der Waals surface area (Å²) in [5, 5.41) is 9.43. The number of nitrogens with zero attached hydrogens (tertiary/aromatic N) is 1. The number of hydrogen-bond acceptors (Lipinski definition) is 2. The summed E-state index contributed by atoms with van der Waals surface area (Å²) in [6, 6.07) is 10.5. The molecule has 1 heterocycles. The van der Waals surface area contributed by atoms with Gasteiger partial charge in [0.25, 0.3) is 0 Å². The fraction of sp³-hybridized carbons (Fsp3) is 0.588. The number of aryl methyl sites for hydroxylation is 1. The Hall–Kier alpha value is -1.35. The van der Waals surface area contributed by atoms with E-state index in [2.05, 4.69) is 24.3 Å². The first kappa shape index (κ1) is 15.0. The Balaban J connectivity index is 1.55. The zero-order valence-corrected chi connectivity index (χ0v) is 12.1. The average molecular weight is 275 g/mol. The first-order valence-electron chi connectivity index (χ1n) is 7.75. The van der Waals surface area contributed by atoms with Crippen molar-refractivity contribution in [3.8, 4) is 0 Å². The maximum Gasteiger partial charge on any atom is 0.222 e. The van der Waals surface area contributed by atoms with Crippen LogP contribution in [0.25, 0.3) is 0 Å². The zero-order valence-electron chi connectivity index (χ0n) is 12.1. The number of hydrogen-bond donors (Lipinski definition) is 1. The van der Waals surface area contributed by atoms with E-state index in [1.165, 1.54) is 5.56 Å². The molecule has 0 radical (unpaired) electrons. The molecule has 20 heavy (non-hydrogen) atoms. The van der Waals surface area contributed by atoms with Gasteiger partial charge in [-0.3, -0.25) is 4.79 Å². The summed E-state index contributed by atoms with van der Waals surface area (Å²) < 4.78 is 0. The van der Waals surface area contributed by atoms with Crippen molar-refractivity contribution in [3.63, 3.8) is 0 Å². The van der Waals surface area contributed by atoms with E-state index in [-0.39, 0.29) is 12.0 Å². The first-order valence-corrected chi connectivity index (χ1v) is 7.75. The van der Waals surface area contributed by atoms with Crippen molar-refractivity contribution in [2.24, 2.45) is 0 Å². The monoisotopic (exact) mass is 275 g/mol. The largest absolute Gasteiger partial charge is 0.393 e. The van der Waals surface area contributed by atoms with Gasteiger partial charge in [0.15, 0.2) is 0 Å². The zero-order chi connectivity index (χ0) is 14.2. The molecule has 0 atom stereocenters. The number of amides is 1. The maximum absolute atomic E-state index is 12.0. The highest BCUT2D eigenvalue weighted by molar-refractivity contribution is 5.76. The van der Waals surface area contributed by atoms with Crippen LogP contribution in [0.1, 0.15) is 44.1 Å². The second kappa shape index (κ2) is 8.05. The van der Waals surface area contributed by atoms with Crippen molar-refractivity contribution < 1.29 is 9.90 Å². The lowest BCUT2D eigenvalue weighted by Gasteiger charge is -2.29. The third kappa shape index (κ3) is 4.97. The van der Waals surface area contributed by atoms with Crippen molar-refractivity contribution in [2.75, 3.05) is 13.1 Å². The van der Waals surface area contributed by atoms with Gasteiger partial charge in [-0.25, -0.2) is 0 Å². The summed E-state index contributed by atoms with van der Waals surface area (Å²) in [5.41, 5.74) is 1.38. The lowest BCUT2D eigenvalue weighted by atomic mass is 10.0. The maximum atomic E-state index is 12.0. The van der Waals surface area contributed by atoms with Gasteiger partial charge in [-0.2, -0.15) is 0 Å². The molecule has 1 aliphatic heterocycles. The molecule has 110 valence electrons. The minimum absolute atomic E-state index is 0.204. The molecule has 0 bridgehead atoms. The van der Waals surface area contributed by atoms with E-state index in [9.17, 15) is 9.90 Å². The highest BCUT2D eigenvalue weighted by Crippen LogP contribution is 2.13. The van der Waals surface area contributed by atoms with Crippen LogP contribution in [0.4, 0.5) is 0 Å². The number of carbonyl (C=O) groups is 1. The van der Waals surface area contributed by atoms with Gasteiger partial charge in [-0.1, -0.05) is 36.8 Å². The lowest BCUT2D eigenvalue weighted by molar-refractivity contribution is -0.133. The van der Waals surface area contributed by atoms with Crippen LogP contribution < -0.4 is 0 Å². The Morgan fingerprint density at radius 2 is 1.80 bits per heavy atom. The lowest BCUT2D eigenvalue weighted by Crippen LogP contribution is -2.39. The van der Waals surface area contributed by atoms with Crippen LogP contribution in [0.2, 0.25) is 0 Å². The van der Waals surface area contributed by atoms with Crippen molar-refractivity contribution in [3.05, 3.63) is 35.9 Å². The summed E-state index contributed by atoms with van der Waals surface area (Å²) in [4.78, 5) is 13.9. The molecule has 0 aliphatic carbocycles. The first-order chi connectivity index (χ1) is 9.75. The molecular formula is C17H25NO2. The van der Waals surface area contributed by atoms with Gasteiger partial charge >= 0.3 is 0 Å². The number of aliphatic hydroxyl groups excluding tert-OH is 1. The molecular weight excluding hydrogens is 250 g/mol. The Morgan fingerprint density at radius 3 is 2.50 bits per heavy atom. The number of likely N-dealkylation sites (tertiary alicyclic amines) is 1. The second-order valence-electron chi connectivity index (χ2n) is 5.66. The topological polar surface area (TPSA) is 40.5 Å². The molecule has 3 heteroatoms. The van der Waals surface area contributed by atoms with E-state index in [0.29, 0.717) is 6.42 Å². The van der Waals surface area contributed by atoms with Gasteiger partial charge in [0, 0.05) is 19.5 Å². The fourth-order valence-corrected chi connectivity index (χ4v) is 2.70. The van der Waals surface area contributed by atoms with Gasteiger partial charge in [0.05, 0.1) is 6.10 Å². The Morgan fingerprint density at radius 1 is 1.10 bits per heavy atom. The van der Waals surface area contributed by atoms with Gasteiger partial charge < -0.3 is 10.0 Å². The molecule has 1 fully saturated rings. The Kier molecular flexibility index (Phi) is 6.06. The van der Waals surface area contributed by atoms with Crippen molar-refractivity contribution in [2.45, 2.75) is 51.0 Å². The van der Waals surface area contributed by atoms with E-state index >= 15 is 0 Å². The predicted molar refractivity (Wildman–Crippen MR) is 80.4 cm³/mol. The molecule has 0 aromatic heterocycles. The summed E-state index contributed by atoms with van der Waals surface area (Å²) in [7, 11) is 0. The van der Waals surface area contributed by atoms with Gasteiger partial charge in [0.2, 0.25) is 5.91 Å². The number of aliphatic hydroxyl groups is 1. The smallest absolute Gasteiger partial charge is 0.222 e. The highest BCUT2D eigenvalue weighted by Gasteiger charge is 2.20. The molecule has 1 aromatic carbocycles. The molecule has 2 rings (SSSR count). The Bertz CT molecular complexity index is 397. The third-order valence-corrected chi connectivity index (χ3v) is 4.02. The SMILES string of the molecule is O=C(CCCCCc1ccccc1)N1CCC(O)CC1. The van der Waals surface area contributed by atoms with E-state index in [1.807, 2.05) is 11.0 Å². The van der Waals surface area contributed by atoms with Crippen LogP contribution in [0.15, 0.2) is 30.3 Å². The van der Waals surface area contributed by atoms with Gasteiger partial charge in [-0.15, -0.1) is 0 Å². The van der Waals surface area contributed by atoms with Crippen LogP contribution in [0.5, 0.6) is 0 Å². The van der Waals surface area contributed by atoms with E-state index < -0.39 is 0 Å². The molecule has 1 aliphatic rings. The van der Waals surface area contributed by atoms with Crippen LogP contribution in [-0.4, -0.2) is 35.1 Å². The van der Waals surface area contributed by atoms with Gasteiger partial charge in [0.1, 0.15) is 0 Å². The standard InChI is InChI=1S/C17H25NO2/c19-16-11-13-18(14-12-16)17(20)10-6-2-5-9-15-7-3-1-4-8-15/h1,3-4,7-8,16,19H,2,5-6,9-14H2. The minimum atomic E-state index is -0.204. The fourth-order valence-electron chi connectivity index (χ4n) is 2.70. The van der Waals surface area contributed by atoms with Crippen molar-refractivity contribution in [1.82, 2.24) is 4.90 Å². The van der Waals surface area contributed by atoms with Crippen LogP contribution in [-0.2, 0) is 11.2 Å². The molecule has 1 saturated heterocycles. The van der Waals surface area contributed by atoms with E-state index in [4.69, 9.17) is 0 Å². The molecule has 0 saturated carbocycles. The van der Waals surface area contributed by atoms with E-state index in [1.54, 1.807) is 0 Å². The van der Waals surface area contributed by atoms with Crippen molar-refractivity contribution >= 4 is 5.91 Å². The second-order valence-corrected chi connectivity index (χ2v) is 5.66. The van der Waals surface area contributed by atoms with Crippen molar-refractivity contribution in [1.29, 1.82) is 0 Å². The number of benzene rings is 1. The summed E-state index contributed by atoms with van der Waals surface area (Å²) in [5.74, 6) is 0.261. The summed E-state index contributed by atoms with van der Waals surface area (Å²) >= 11 is 0. The average Bonchev–Trinajstić information content (AvgIpc) is 2.48.